The Bertz CT molecular complexity index is 873. The highest BCUT2D eigenvalue weighted by Gasteiger charge is 2.43. The number of hydrogen-bond acceptors (Lipinski definition) is 2. The van der Waals surface area contributed by atoms with Crippen molar-refractivity contribution in [1.29, 1.82) is 0 Å². The van der Waals surface area contributed by atoms with E-state index in [1.807, 2.05) is 60.7 Å². The van der Waals surface area contributed by atoms with Crippen LogP contribution in [0.4, 0.5) is 0 Å². The van der Waals surface area contributed by atoms with Crippen LogP contribution in [-0.2, 0) is 10.3 Å². The molecule has 0 saturated carbocycles. The quantitative estimate of drug-likeness (QED) is 0.747. The van der Waals surface area contributed by atoms with Crippen LogP contribution < -0.4 is 5.73 Å². The van der Waals surface area contributed by atoms with Crippen LogP contribution in [0.15, 0.2) is 109 Å². The van der Waals surface area contributed by atoms with Crippen molar-refractivity contribution in [2.24, 2.45) is 5.73 Å². The van der Waals surface area contributed by atoms with E-state index in [1.165, 1.54) is 0 Å². The molecule has 0 aromatic heterocycles. The smallest absolute Gasteiger partial charge is 0.186 e. The first-order valence-corrected chi connectivity index (χ1v) is 8.33. The van der Waals surface area contributed by atoms with E-state index in [0.717, 1.165) is 22.3 Å². The predicted octanol–water partition coefficient (Wildman–Crippen LogP) is 4.84. The van der Waals surface area contributed by atoms with Gasteiger partial charge in [-0.25, -0.2) is 0 Å². The van der Waals surface area contributed by atoms with Gasteiger partial charge in [0.15, 0.2) is 5.60 Å². The molecule has 122 valence electrons. The lowest BCUT2D eigenvalue weighted by Gasteiger charge is -2.39. The summed E-state index contributed by atoms with van der Waals surface area (Å²) in [4.78, 5) is 0. The molecular formula is C23H19NO. The molecule has 2 heteroatoms. The summed E-state index contributed by atoms with van der Waals surface area (Å²) in [6, 6.07) is 30.7. The summed E-state index contributed by atoms with van der Waals surface area (Å²) in [6.07, 6.45) is 3.52. The molecule has 0 amide bonds. The molecule has 0 radical (unpaired) electrons. The fraction of sp³-hybridized carbons (Fsp3) is 0.0435. The van der Waals surface area contributed by atoms with Crippen LogP contribution >= 0.6 is 0 Å². The largest absolute Gasteiger partial charge is 0.480 e. The molecule has 0 atom stereocenters. The molecular weight excluding hydrogens is 306 g/mol. The van der Waals surface area contributed by atoms with Crippen molar-refractivity contribution in [3.05, 3.63) is 126 Å². The second kappa shape index (κ2) is 6.33. The van der Waals surface area contributed by atoms with Crippen molar-refractivity contribution in [2.45, 2.75) is 5.60 Å². The third-order valence-corrected chi connectivity index (χ3v) is 4.56. The number of nitrogens with two attached hydrogens (primary N) is 1. The number of ether oxygens (including phenoxy) is 1. The zero-order chi connectivity index (χ0) is 17.1. The summed E-state index contributed by atoms with van der Waals surface area (Å²) in [5.74, 6) is 0. The Kier molecular flexibility index (Phi) is 3.87. The Hall–Kier alpha value is -3.26. The van der Waals surface area contributed by atoms with Gasteiger partial charge in [0.05, 0.1) is 6.26 Å². The minimum atomic E-state index is -0.775. The first-order valence-electron chi connectivity index (χ1n) is 8.33. The van der Waals surface area contributed by atoms with E-state index in [9.17, 15) is 0 Å². The van der Waals surface area contributed by atoms with E-state index >= 15 is 0 Å². The molecule has 25 heavy (non-hydrogen) atoms. The van der Waals surface area contributed by atoms with Crippen molar-refractivity contribution in [3.63, 3.8) is 0 Å². The minimum Gasteiger partial charge on any atom is -0.480 e. The van der Waals surface area contributed by atoms with Gasteiger partial charge in [-0.15, -0.1) is 0 Å². The molecule has 3 aromatic rings. The van der Waals surface area contributed by atoms with Crippen LogP contribution in [0.3, 0.4) is 0 Å². The van der Waals surface area contributed by atoms with E-state index in [1.54, 1.807) is 6.26 Å². The Morgan fingerprint density at radius 2 is 1.12 bits per heavy atom. The molecule has 0 bridgehead atoms. The van der Waals surface area contributed by atoms with E-state index < -0.39 is 5.60 Å². The van der Waals surface area contributed by atoms with Gasteiger partial charge in [-0.05, 0) is 11.6 Å². The number of allylic oxidation sites excluding steroid dienone is 1. The topological polar surface area (TPSA) is 35.2 Å². The number of rotatable bonds is 3. The highest BCUT2D eigenvalue weighted by atomic mass is 16.5. The van der Waals surface area contributed by atoms with Crippen LogP contribution in [0.1, 0.15) is 16.7 Å². The van der Waals surface area contributed by atoms with Crippen LogP contribution in [0.2, 0.25) is 0 Å². The third kappa shape index (κ3) is 2.52. The van der Waals surface area contributed by atoms with Gasteiger partial charge in [-0.2, -0.15) is 0 Å². The van der Waals surface area contributed by atoms with Crippen molar-refractivity contribution >= 4 is 5.57 Å². The average molecular weight is 325 g/mol. The Morgan fingerprint density at radius 3 is 1.64 bits per heavy atom. The Labute approximate surface area is 147 Å². The Balaban J connectivity index is 2.05. The monoisotopic (exact) mass is 325 g/mol. The summed E-state index contributed by atoms with van der Waals surface area (Å²) < 4.78 is 6.36. The maximum absolute atomic E-state index is 6.47. The molecule has 0 fully saturated rings. The maximum atomic E-state index is 6.47. The van der Waals surface area contributed by atoms with Crippen molar-refractivity contribution in [1.82, 2.24) is 0 Å². The zero-order valence-corrected chi connectivity index (χ0v) is 13.8. The molecule has 0 unspecified atom stereocenters. The maximum Gasteiger partial charge on any atom is 0.186 e. The first kappa shape index (κ1) is 15.3. The van der Waals surface area contributed by atoms with E-state index in [0.29, 0.717) is 5.70 Å². The van der Waals surface area contributed by atoms with Crippen molar-refractivity contribution in [3.8, 4) is 0 Å². The molecule has 2 N–H and O–H groups in total. The summed E-state index contributed by atoms with van der Waals surface area (Å²) in [6.45, 7) is 0. The zero-order valence-electron chi connectivity index (χ0n) is 13.8. The summed E-state index contributed by atoms with van der Waals surface area (Å²) in [5.41, 5.74) is 10.5. The second-order valence-corrected chi connectivity index (χ2v) is 6.03. The first-order chi connectivity index (χ1) is 12.3. The lowest BCUT2D eigenvalue weighted by molar-refractivity contribution is 0.111. The molecule has 1 aliphatic rings. The molecule has 4 rings (SSSR count). The summed E-state index contributed by atoms with van der Waals surface area (Å²) in [7, 11) is 0. The van der Waals surface area contributed by atoms with Gasteiger partial charge in [0.2, 0.25) is 0 Å². The summed E-state index contributed by atoms with van der Waals surface area (Å²) >= 11 is 0. The molecule has 0 saturated heterocycles. The van der Waals surface area contributed by atoms with Crippen LogP contribution in [-0.4, -0.2) is 0 Å². The third-order valence-electron chi connectivity index (χ3n) is 4.56. The van der Waals surface area contributed by atoms with Gasteiger partial charge in [0.1, 0.15) is 0 Å². The molecule has 2 nitrogen and oxygen atoms in total. The molecule has 0 aliphatic carbocycles. The SMILES string of the molecule is NC1=C(c2ccccc2)C(c2ccccc2)(c2ccccc2)OC=C1. The fourth-order valence-corrected chi connectivity index (χ4v) is 3.47. The molecule has 0 spiro atoms. The van der Waals surface area contributed by atoms with Gasteiger partial charge in [-0.3, -0.25) is 0 Å². The van der Waals surface area contributed by atoms with Gasteiger partial charge in [0.25, 0.3) is 0 Å². The normalized spacial score (nSPS) is 15.7. The van der Waals surface area contributed by atoms with Crippen molar-refractivity contribution in [2.75, 3.05) is 0 Å². The fourth-order valence-electron chi connectivity index (χ4n) is 3.47. The van der Waals surface area contributed by atoms with E-state index in [-0.39, 0.29) is 0 Å². The standard InChI is InChI=1S/C23H19NO/c24-21-16-17-25-23(19-12-6-2-7-13-19,20-14-8-3-9-15-20)22(21)18-10-4-1-5-11-18/h1-17H,24H2. The number of benzene rings is 3. The lowest BCUT2D eigenvalue weighted by Crippen LogP contribution is -2.35. The molecule has 3 aromatic carbocycles. The van der Waals surface area contributed by atoms with Crippen molar-refractivity contribution < 1.29 is 4.74 Å². The minimum absolute atomic E-state index is 0.713. The van der Waals surface area contributed by atoms with Crippen LogP contribution in [0.25, 0.3) is 5.57 Å². The predicted molar refractivity (Wildman–Crippen MR) is 101 cm³/mol. The van der Waals surface area contributed by atoms with Gasteiger partial charge >= 0.3 is 0 Å². The molecule has 1 aliphatic heterocycles. The van der Waals surface area contributed by atoms with E-state index in [4.69, 9.17) is 10.5 Å². The van der Waals surface area contributed by atoms with Crippen LogP contribution in [0, 0.1) is 0 Å². The average Bonchev–Trinajstić information content (AvgIpc) is 2.69. The van der Waals surface area contributed by atoms with Gasteiger partial charge < -0.3 is 10.5 Å². The van der Waals surface area contributed by atoms with Gasteiger partial charge in [0, 0.05) is 22.4 Å². The second-order valence-electron chi connectivity index (χ2n) is 6.03. The van der Waals surface area contributed by atoms with Crippen LogP contribution in [0.5, 0.6) is 0 Å². The highest BCUT2D eigenvalue weighted by molar-refractivity contribution is 5.82. The number of hydrogen-bond donors (Lipinski definition) is 1. The Morgan fingerprint density at radius 1 is 0.640 bits per heavy atom. The summed E-state index contributed by atoms with van der Waals surface area (Å²) in [5, 5.41) is 0. The highest BCUT2D eigenvalue weighted by Crippen LogP contribution is 2.48. The molecule has 1 heterocycles. The van der Waals surface area contributed by atoms with Gasteiger partial charge in [-0.1, -0.05) is 91.0 Å². The lowest BCUT2D eigenvalue weighted by atomic mass is 9.75. The van der Waals surface area contributed by atoms with E-state index in [2.05, 4.69) is 36.4 Å².